The van der Waals surface area contributed by atoms with Gasteiger partial charge in [-0.2, -0.15) is 0 Å². The standard InChI is InChI=1S/C26H25N3O2/c1-19-22-13-7-8-14-23(22)28-25(27-19)17-29(2)26(30)18-31-24-15-9-6-12-21(24)16-20-10-4-3-5-11-20/h3-15H,16-18H2,1-2H3. The molecule has 0 spiro atoms. The van der Waals surface area contributed by atoms with E-state index in [0.717, 1.165) is 34.3 Å². The summed E-state index contributed by atoms with van der Waals surface area (Å²) in [5.41, 5.74) is 4.05. The summed E-state index contributed by atoms with van der Waals surface area (Å²) in [6.07, 6.45) is 0.755. The molecule has 0 bridgehead atoms. The molecule has 0 atom stereocenters. The summed E-state index contributed by atoms with van der Waals surface area (Å²) in [6.45, 7) is 2.26. The number of aromatic nitrogens is 2. The number of fused-ring (bicyclic) bond motifs is 1. The number of para-hydroxylation sites is 2. The molecule has 0 aliphatic carbocycles. The molecule has 0 aliphatic heterocycles. The average Bonchev–Trinajstić information content (AvgIpc) is 2.79. The number of ether oxygens (including phenoxy) is 1. The van der Waals surface area contributed by atoms with E-state index < -0.39 is 0 Å². The smallest absolute Gasteiger partial charge is 0.260 e. The monoisotopic (exact) mass is 411 g/mol. The van der Waals surface area contributed by atoms with Crippen molar-refractivity contribution in [3.8, 4) is 5.75 Å². The lowest BCUT2D eigenvalue weighted by atomic mass is 10.0. The molecule has 31 heavy (non-hydrogen) atoms. The Balaban J connectivity index is 1.40. The van der Waals surface area contributed by atoms with E-state index in [4.69, 9.17) is 4.74 Å². The van der Waals surface area contributed by atoms with Gasteiger partial charge in [-0.3, -0.25) is 4.79 Å². The second-order valence-corrected chi connectivity index (χ2v) is 7.55. The highest BCUT2D eigenvalue weighted by atomic mass is 16.5. The van der Waals surface area contributed by atoms with Crippen LogP contribution in [0.1, 0.15) is 22.6 Å². The van der Waals surface area contributed by atoms with E-state index in [-0.39, 0.29) is 12.5 Å². The van der Waals surface area contributed by atoms with Gasteiger partial charge in [0, 0.05) is 24.5 Å². The molecule has 3 aromatic carbocycles. The zero-order valence-corrected chi connectivity index (χ0v) is 17.8. The third-order valence-corrected chi connectivity index (χ3v) is 5.21. The molecule has 0 fully saturated rings. The van der Waals surface area contributed by atoms with Crippen molar-refractivity contribution in [2.75, 3.05) is 13.7 Å². The SMILES string of the molecule is Cc1nc(CN(C)C(=O)COc2ccccc2Cc2ccccc2)nc2ccccc12. The molecule has 0 saturated carbocycles. The first kappa shape index (κ1) is 20.5. The van der Waals surface area contributed by atoms with Crippen molar-refractivity contribution in [2.45, 2.75) is 19.9 Å². The first-order valence-corrected chi connectivity index (χ1v) is 10.3. The average molecular weight is 412 g/mol. The van der Waals surface area contributed by atoms with E-state index in [9.17, 15) is 4.79 Å². The molecule has 0 N–H and O–H groups in total. The van der Waals surface area contributed by atoms with Crippen molar-refractivity contribution in [1.82, 2.24) is 14.9 Å². The Bertz CT molecular complexity index is 1190. The lowest BCUT2D eigenvalue weighted by Crippen LogP contribution is -2.31. The van der Waals surface area contributed by atoms with Crippen LogP contribution in [0, 0.1) is 6.92 Å². The number of hydrogen-bond donors (Lipinski definition) is 0. The van der Waals surface area contributed by atoms with Crippen molar-refractivity contribution in [3.63, 3.8) is 0 Å². The first-order valence-electron chi connectivity index (χ1n) is 10.3. The molecule has 0 saturated heterocycles. The summed E-state index contributed by atoms with van der Waals surface area (Å²) < 4.78 is 5.89. The van der Waals surface area contributed by atoms with Gasteiger partial charge in [-0.05, 0) is 30.2 Å². The van der Waals surface area contributed by atoms with Crippen LogP contribution in [0.15, 0.2) is 78.9 Å². The number of likely N-dealkylation sites (N-methyl/N-ethyl adjacent to an activating group) is 1. The number of nitrogens with zero attached hydrogens (tertiary/aromatic N) is 3. The van der Waals surface area contributed by atoms with Gasteiger partial charge < -0.3 is 9.64 Å². The van der Waals surface area contributed by atoms with Crippen LogP contribution in [0.2, 0.25) is 0 Å². The Morgan fingerprint density at radius 3 is 2.45 bits per heavy atom. The molecule has 5 heteroatoms. The Labute approximate surface area is 182 Å². The molecule has 1 amide bonds. The second-order valence-electron chi connectivity index (χ2n) is 7.55. The van der Waals surface area contributed by atoms with Crippen molar-refractivity contribution in [1.29, 1.82) is 0 Å². The van der Waals surface area contributed by atoms with Gasteiger partial charge in [0.25, 0.3) is 5.91 Å². The summed E-state index contributed by atoms with van der Waals surface area (Å²) in [5.74, 6) is 1.23. The van der Waals surface area contributed by atoms with E-state index in [1.165, 1.54) is 5.56 Å². The molecule has 1 heterocycles. The maximum Gasteiger partial charge on any atom is 0.260 e. The van der Waals surface area contributed by atoms with Gasteiger partial charge in [-0.15, -0.1) is 0 Å². The van der Waals surface area contributed by atoms with Gasteiger partial charge in [0.15, 0.2) is 6.61 Å². The predicted molar refractivity (Wildman–Crippen MR) is 122 cm³/mol. The third kappa shape index (κ3) is 5.07. The number of aryl methyl sites for hydroxylation is 1. The summed E-state index contributed by atoms with van der Waals surface area (Å²) in [7, 11) is 1.75. The number of rotatable bonds is 7. The van der Waals surface area contributed by atoms with Gasteiger partial charge in [0.05, 0.1) is 12.1 Å². The molecule has 1 aromatic heterocycles. The number of carbonyl (C=O) groups excluding carboxylic acids is 1. The molecule has 4 aromatic rings. The van der Waals surface area contributed by atoms with Crippen LogP contribution in [0.3, 0.4) is 0 Å². The van der Waals surface area contributed by atoms with Crippen LogP contribution in [0.5, 0.6) is 5.75 Å². The zero-order chi connectivity index (χ0) is 21.6. The lowest BCUT2D eigenvalue weighted by molar-refractivity contribution is -0.132. The van der Waals surface area contributed by atoms with Crippen LogP contribution >= 0.6 is 0 Å². The quantitative estimate of drug-likeness (QED) is 0.447. The van der Waals surface area contributed by atoms with Gasteiger partial charge in [-0.25, -0.2) is 9.97 Å². The van der Waals surface area contributed by atoms with Gasteiger partial charge in [0.1, 0.15) is 11.6 Å². The van der Waals surface area contributed by atoms with Crippen molar-refractivity contribution >= 4 is 16.8 Å². The fourth-order valence-corrected chi connectivity index (χ4v) is 3.52. The minimum atomic E-state index is -0.121. The molecule has 0 unspecified atom stereocenters. The van der Waals surface area contributed by atoms with E-state index >= 15 is 0 Å². The topological polar surface area (TPSA) is 55.3 Å². The highest BCUT2D eigenvalue weighted by Crippen LogP contribution is 2.21. The Hall–Kier alpha value is -3.73. The predicted octanol–water partition coefficient (Wildman–Crippen LogP) is 4.57. The largest absolute Gasteiger partial charge is 0.483 e. The molecular weight excluding hydrogens is 386 g/mol. The number of amides is 1. The van der Waals surface area contributed by atoms with Crippen molar-refractivity contribution in [2.24, 2.45) is 0 Å². The second kappa shape index (κ2) is 9.39. The normalized spacial score (nSPS) is 10.8. The van der Waals surface area contributed by atoms with Gasteiger partial charge >= 0.3 is 0 Å². The van der Waals surface area contributed by atoms with E-state index in [1.807, 2.05) is 73.7 Å². The molecule has 5 nitrogen and oxygen atoms in total. The summed E-state index contributed by atoms with van der Waals surface area (Å²) in [4.78, 5) is 23.4. The number of carbonyl (C=O) groups is 1. The number of hydrogen-bond acceptors (Lipinski definition) is 4. The van der Waals surface area contributed by atoms with Crippen LogP contribution < -0.4 is 4.74 Å². The molecule has 0 aliphatic rings. The van der Waals surface area contributed by atoms with Gasteiger partial charge in [0.2, 0.25) is 0 Å². The van der Waals surface area contributed by atoms with E-state index in [0.29, 0.717) is 12.4 Å². The number of benzene rings is 3. The fourth-order valence-electron chi connectivity index (χ4n) is 3.52. The lowest BCUT2D eigenvalue weighted by Gasteiger charge is -2.18. The highest BCUT2D eigenvalue weighted by molar-refractivity contribution is 5.80. The van der Waals surface area contributed by atoms with E-state index in [1.54, 1.807) is 11.9 Å². The van der Waals surface area contributed by atoms with Crippen LogP contribution in [0.25, 0.3) is 10.9 Å². The minimum Gasteiger partial charge on any atom is -0.483 e. The maximum atomic E-state index is 12.7. The minimum absolute atomic E-state index is 0.0329. The summed E-state index contributed by atoms with van der Waals surface area (Å²) in [6, 6.07) is 25.9. The van der Waals surface area contributed by atoms with Crippen LogP contribution in [-0.2, 0) is 17.8 Å². The first-order chi connectivity index (χ1) is 15.1. The summed E-state index contributed by atoms with van der Waals surface area (Å²) in [5, 5.41) is 1.03. The molecule has 0 radical (unpaired) electrons. The Morgan fingerprint density at radius 1 is 0.903 bits per heavy atom. The van der Waals surface area contributed by atoms with E-state index in [2.05, 4.69) is 22.1 Å². The third-order valence-electron chi connectivity index (χ3n) is 5.21. The Morgan fingerprint density at radius 2 is 1.61 bits per heavy atom. The van der Waals surface area contributed by atoms with Gasteiger partial charge in [-0.1, -0.05) is 66.7 Å². The maximum absolute atomic E-state index is 12.7. The zero-order valence-electron chi connectivity index (χ0n) is 17.8. The van der Waals surface area contributed by atoms with Crippen LogP contribution in [0.4, 0.5) is 0 Å². The fraction of sp³-hybridized carbons (Fsp3) is 0.192. The van der Waals surface area contributed by atoms with Crippen molar-refractivity contribution < 1.29 is 9.53 Å². The highest BCUT2D eigenvalue weighted by Gasteiger charge is 2.14. The molecular formula is C26H25N3O2. The van der Waals surface area contributed by atoms with Crippen molar-refractivity contribution in [3.05, 3.63) is 102 Å². The molecule has 4 rings (SSSR count). The Kier molecular flexibility index (Phi) is 6.22. The summed E-state index contributed by atoms with van der Waals surface area (Å²) >= 11 is 0. The van der Waals surface area contributed by atoms with Crippen LogP contribution in [-0.4, -0.2) is 34.4 Å². The molecule has 156 valence electrons.